The second kappa shape index (κ2) is 14.7. The summed E-state index contributed by atoms with van der Waals surface area (Å²) >= 11 is 6.49. The van der Waals surface area contributed by atoms with Gasteiger partial charge in [-0.25, -0.2) is 13.1 Å². The number of amides is 1. The molecule has 284 valence electrons. The van der Waals surface area contributed by atoms with Gasteiger partial charge in [0.15, 0.2) is 6.29 Å². The summed E-state index contributed by atoms with van der Waals surface area (Å²) in [6.07, 6.45) is 7.72. The molecule has 0 radical (unpaired) electrons. The van der Waals surface area contributed by atoms with Gasteiger partial charge in [0.1, 0.15) is 5.75 Å². The predicted octanol–water partition coefficient (Wildman–Crippen LogP) is 5.80. The van der Waals surface area contributed by atoms with Crippen LogP contribution in [0.15, 0.2) is 36.4 Å². The molecule has 4 aliphatic heterocycles. The molecule has 2 aliphatic carbocycles. The van der Waals surface area contributed by atoms with E-state index in [4.69, 9.17) is 30.5 Å². The third kappa shape index (κ3) is 6.99. The molecule has 2 saturated heterocycles. The van der Waals surface area contributed by atoms with Crippen LogP contribution >= 0.6 is 11.6 Å². The van der Waals surface area contributed by atoms with Gasteiger partial charge in [0.25, 0.3) is 5.91 Å². The molecule has 1 spiro atoms. The molecule has 1 N–H and O–H groups in total. The Morgan fingerprint density at radius 1 is 0.962 bits per heavy atom. The number of rotatable bonds is 3. The molecular weight excluding hydrogens is 702 g/mol. The monoisotopic (exact) mass is 755 g/mol. The number of carbonyl (C=O) groups excluding carboxylic acids is 1. The van der Waals surface area contributed by atoms with Crippen LogP contribution in [0.1, 0.15) is 80.3 Å². The number of halogens is 1. The van der Waals surface area contributed by atoms with E-state index in [1.807, 2.05) is 25.1 Å². The van der Waals surface area contributed by atoms with Gasteiger partial charge >= 0.3 is 0 Å². The van der Waals surface area contributed by atoms with Crippen LogP contribution in [0.4, 0.5) is 5.69 Å². The molecule has 6 atom stereocenters. The van der Waals surface area contributed by atoms with Gasteiger partial charge in [-0.15, -0.1) is 0 Å². The lowest BCUT2D eigenvalue weighted by molar-refractivity contribution is -0.251. The van der Waals surface area contributed by atoms with E-state index in [9.17, 15) is 13.2 Å². The molecule has 0 aromatic heterocycles. The fourth-order valence-corrected chi connectivity index (χ4v) is 11.4. The highest BCUT2D eigenvalue weighted by atomic mass is 35.5. The van der Waals surface area contributed by atoms with Crippen LogP contribution < -0.4 is 14.4 Å². The zero-order chi connectivity index (χ0) is 36.2. The third-order valence-electron chi connectivity index (χ3n) is 13.5. The van der Waals surface area contributed by atoms with Crippen molar-refractivity contribution in [1.82, 2.24) is 9.62 Å². The Morgan fingerprint density at radius 2 is 1.77 bits per heavy atom. The first-order chi connectivity index (χ1) is 25.0. The van der Waals surface area contributed by atoms with E-state index in [2.05, 4.69) is 26.7 Å². The second-order valence-corrected chi connectivity index (χ2v) is 19.0. The molecule has 2 aromatic rings. The van der Waals surface area contributed by atoms with E-state index in [0.29, 0.717) is 37.2 Å². The van der Waals surface area contributed by atoms with Crippen LogP contribution in [-0.4, -0.2) is 96.0 Å². The number of fused-ring (bicyclic) bond motifs is 4. The van der Waals surface area contributed by atoms with E-state index >= 15 is 0 Å². The van der Waals surface area contributed by atoms with E-state index in [0.717, 1.165) is 94.0 Å². The quantitative estimate of drug-likeness (QED) is 0.417. The van der Waals surface area contributed by atoms with Gasteiger partial charge in [-0.3, -0.25) is 9.69 Å². The molecule has 10 nitrogen and oxygen atoms in total. The summed E-state index contributed by atoms with van der Waals surface area (Å²) < 4.78 is 54.9. The molecule has 12 heteroatoms. The van der Waals surface area contributed by atoms with Crippen LogP contribution in [-0.2, 0) is 36.1 Å². The van der Waals surface area contributed by atoms with Crippen molar-refractivity contribution < 1.29 is 32.2 Å². The number of sulfonamides is 1. The standard InChI is InChI=1S/C40H54ClN3O7S/c1-25-6-4-8-34(39-49-21-31(22-50-39)43-19-32(20-43)48-3)33-12-9-29(33)18-44-23-40(15-5-7-27-16-30(41)11-13-35(27)40)24-51-37-14-10-28(17-36(37)44)38(45)42-52(46,47)26(25)2/h10-11,13-14,16-17,25-26,29,31-34,39H,4-9,12,15,18-24H2,1-3H3,(H,42,45)/t25-,26+,29-,31-,33+,34-,39-,40-/m0/s1. The Hall–Kier alpha value is -2.41. The van der Waals surface area contributed by atoms with Crippen LogP contribution in [0.5, 0.6) is 5.75 Å². The van der Waals surface area contributed by atoms with Crippen LogP contribution in [0.25, 0.3) is 0 Å². The largest absolute Gasteiger partial charge is 0.490 e. The molecule has 4 heterocycles. The van der Waals surface area contributed by atoms with Crippen molar-refractivity contribution in [2.24, 2.45) is 23.7 Å². The van der Waals surface area contributed by atoms with Crippen molar-refractivity contribution in [2.75, 3.05) is 58.0 Å². The molecule has 1 saturated carbocycles. The van der Waals surface area contributed by atoms with Crippen molar-refractivity contribution in [3.05, 3.63) is 58.1 Å². The molecule has 2 aromatic carbocycles. The maximum absolute atomic E-state index is 13.6. The fourth-order valence-electron chi connectivity index (χ4n) is 9.86. The van der Waals surface area contributed by atoms with Crippen molar-refractivity contribution in [3.8, 4) is 5.75 Å². The van der Waals surface area contributed by atoms with Crippen molar-refractivity contribution >= 4 is 33.2 Å². The van der Waals surface area contributed by atoms with Gasteiger partial charge < -0.3 is 23.8 Å². The van der Waals surface area contributed by atoms with E-state index in [-0.39, 0.29) is 35.7 Å². The second-order valence-electron chi connectivity index (χ2n) is 16.5. The highest BCUT2D eigenvalue weighted by Crippen LogP contribution is 2.49. The lowest BCUT2D eigenvalue weighted by Gasteiger charge is -2.50. The smallest absolute Gasteiger partial charge is 0.264 e. The van der Waals surface area contributed by atoms with Gasteiger partial charge in [-0.2, -0.15) is 0 Å². The summed E-state index contributed by atoms with van der Waals surface area (Å²) in [5.74, 6) is 1.00. The molecule has 2 bridgehead atoms. The first-order valence-corrected chi connectivity index (χ1v) is 21.3. The molecular formula is C40H54ClN3O7S. The van der Waals surface area contributed by atoms with E-state index in [1.165, 1.54) is 11.1 Å². The first-order valence-electron chi connectivity index (χ1n) is 19.4. The van der Waals surface area contributed by atoms with Gasteiger partial charge in [-0.05, 0) is 111 Å². The number of carbonyl (C=O) groups is 1. The van der Waals surface area contributed by atoms with Gasteiger partial charge in [0.05, 0.1) is 42.9 Å². The number of benzene rings is 2. The zero-order valence-electron chi connectivity index (χ0n) is 30.7. The van der Waals surface area contributed by atoms with Crippen molar-refractivity contribution in [2.45, 2.75) is 94.3 Å². The minimum absolute atomic E-state index is 0.130. The minimum Gasteiger partial charge on any atom is -0.490 e. The van der Waals surface area contributed by atoms with E-state index in [1.54, 1.807) is 20.1 Å². The third-order valence-corrected chi connectivity index (χ3v) is 15.6. The summed E-state index contributed by atoms with van der Waals surface area (Å²) in [6, 6.07) is 11.9. The Labute approximate surface area is 313 Å². The maximum atomic E-state index is 13.6. The predicted molar refractivity (Wildman–Crippen MR) is 201 cm³/mol. The minimum atomic E-state index is -3.91. The number of methoxy groups -OCH3 is 1. The maximum Gasteiger partial charge on any atom is 0.264 e. The molecule has 3 fully saturated rings. The number of likely N-dealkylation sites (tertiary alicyclic amines) is 1. The summed E-state index contributed by atoms with van der Waals surface area (Å²) in [5, 5.41) is 0.0221. The Bertz CT molecular complexity index is 1750. The summed E-state index contributed by atoms with van der Waals surface area (Å²) in [4.78, 5) is 18.4. The number of nitrogens with zero attached hydrogens (tertiary/aromatic N) is 2. The first kappa shape index (κ1) is 36.6. The number of anilines is 1. The molecule has 1 amide bonds. The Morgan fingerprint density at radius 3 is 2.52 bits per heavy atom. The molecule has 8 rings (SSSR count). The average molecular weight is 756 g/mol. The number of hydrogen-bond donors (Lipinski definition) is 1. The lowest BCUT2D eigenvalue weighted by atomic mass is 9.64. The highest BCUT2D eigenvalue weighted by molar-refractivity contribution is 7.90. The van der Waals surface area contributed by atoms with E-state index < -0.39 is 21.2 Å². The van der Waals surface area contributed by atoms with Gasteiger partial charge in [0.2, 0.25) is 10.0 Å². The molecule has 0 unspecified atom stereocenters. The molecule has 6 aliphatic rings. The SMILES string of the molecule is COC1CN([C@H]2CO[C@H]([C@H]3CCC[C@H](C)[C@@H](C)S(=O)(=O)NC(=O)c4ccc5c(c4)N(C[C@@H]4CC[C@H]43)C[C@@]3(CCCc4cc(Cl)ccc43)CO5)OC2)C1. The Kier molecular flexibility index (Phi) is 10.3. The van der Waals surface area contributed by atoms with Crippen LogP contribution in [0.3, 0.4) is 0 Å². The Balaban J connectivity index is 1.12. The van der Waals surface area contributed by atoms with Gasteiger partial charge in [-0.1, -0.05) is 31.0 Å². The summed E-state index contributed by atoms with van der Waals surface area (Å²) in [5.41, 5.74) is 3.47. The number of aryl methyl sites for hydroxylation is 1. The number of hydrogen-bond acceptors (Lipinski definition) is 9. The van der Waals surface area contributed by atoms with Crippen molar-refractivity contribution in [1.29, 1.82) is 0 Å². The number of ether oxygens (including phenoxy) is 4. The summed E-state index contributed by atoms with van der Waals surface area (Å²) in [6.45, 7) is 8.85. The lowest BCUT2D eigenvalue weighted by Crippen LogP contribution is -2.61. The topological polar surface area (TPSA) is 107 Å². The van der Waals surface area contributed by atoms with Crippen LogP contribution in [0, 0.1) is 23.7 Å². The van der Waals surface area contributed by atoms with Gasteiger partial charge in [0, 0.05) is 55.2 Å². The summed E-state index contributed by atoms with van der Waals surface area (Å²) in [7, 11) is -2.15. The normalized spacial score (nSPS) is 35.6. The zero-order valence-corrected chi connectivity index (χ0v) is 32.3. The average Bonchev–Trinajstić information content (AvgIpc) is 3.25. The highest BCUT2D eigenvalue weighted by Gasteiger charge is 2.47. The number of nitrogens with one attached hydrogen (secondary N) is 1. The van der Waals surface area contributed by atoms with Crippen molar-refractivity contribution in [3.63, 3.8) is 0 Å². The fraction of sp³-hybridized carbons (Fsp3) is 0.675. The van der Waals surface area contributed by atoms with Crippen LogP contribution in [0.2, 0.25) is 5.02 Å². The molecule has 52 heavy (non-hydrogen) atoms.